The minimum atomic E-state index is -0.749. The number of carbonyl (C=O) groups is 3. The monoisotopic (exact) mass is 190 g/mol. The normalized spacial score (nSPS) is 44.7. The standard InChI is InChI=1S/C11H10O3/c12-9-7-5-1-2-6(4-3-5)8(7)10(13)11(9)14/h1-2,5-8H,3-4H2. The summed E-state index contributed by atoms with van der Waals surface area (Å²) in [6, 6.07) is 0. The zero-order valence-electron chi connectivity index (χ0n) is 7.60. The molecule has 4 aliphatic rings. The summed E-state index contributed by atoms with van der Waals surface area (Å²) in [7, 11) is 0. The second-order valence-corrected chi connectivity index (χ2v) is 4.40. The van der Waals surface area contributed by atoms with Crippen LogP contribution < -0.4 is 0 Å². The number of allylic oxidation sites excluding steroid dienone is 2. The molecule has 0 radical (unpaired) electrons. The topological polar surface area (TPSA) is 51.2 Å². The molecule has 0 aliphatic heterocycles. The minimum absolute atomic E-state index is 0.146. The molecule has 72 valence electrons. The summed E-state index contributed by atoms with van der Waals surface area (Å²) in [6.07, 6.45) is 5.93. The number of carbonyl (C=O) groups excluding carboxylic acids is 3. The van der Waals surface area contributed by atoms with E-state index in [0.29, 0.717) is 0 Å². The fraction of sp³-hybridized carbons (Fsp3) is 0.545. The highest BCUT2D eigenvalue weighted by Gasteiger charge is 2.57. The van der Waals surface area contributed by atoms with Crippen LogP contribution in [0.4, 0.5) is 0 Å². The van der Waals surface area contributed by atoms with Gasteiger partial charge < -0.3 is 0 Å². The molecule has 4 aliphatic carbocycles. The molecule has 2 saturated carbocycles. The number of fused-ring (bicyclic) bond motifs is 1. The van der Waals surface area contributed by atoms with Gasteiger partial charge >= 0.3 is 0 Å². The Morgan fingerprint density at radius 2 is 1.29 bits per heavy atom. The molecular weight excluding hydrogens is 180 g/mol. The quantitative estimate of drug-likeness (QED) is 0.413. The van der Waals surface area contributed by atoms with Crippen molar-refractivity contribution in [3.8, 4) is 0 Å². The molecule has 0 amide bonds. The van der Waals surface area contributed by atoms with Crippen molar-refractivity contribution >= 4 is 17.3 Å². The maximum atomic E-state index is 11.5. The Labute approximate surface area is 81.2 Å². The highest BCUT2D eigenvalue weighted by atomic mass is 16.2. The van der Waals surface area contributed by atoms with E-state index in [2.05, 4.69) is 0 Å². The fourth-order valence-corrected chi connectivity index (χ4v) is 3.13. The van der Waals surface area contributed by atoms with Crippen molar-refractivity contribution in [2.45, 2.75) is 12.8 Å². The molecule has 0 saturated heterocycles. The average Bonchev–Trinajstić information content (AvgIpc) is 2.47. The molecule has 4 atom stereocenters. The Balaban J connectivity index is 2.11. The molecule has 0 aromatic carbocycles. The number of hydrogen-bond acceptors (Lipinski definition) is 3. The molecule has 0 heterocycles. The summed E-state index contributed by atoms with van der Waals surface area (Å²) in [5.41, 5.74) is 0. The Morgan fingerprint density at radius 1 is 0.857 bits per heavy atom. The van der Waals surface area contributed by atoms with E-state index in [0.717, 1.165) is 12.8 Å². The SMILES string of the molecule is O=C1C(=O)C2C3C=CC(CC3)C2C1=O. The molecule has 3 nitrogen and oxygen atoms in total. The van der Waals surface area contributed by atoms with Gasteiger partial charge in [-0.2, -0.15) is 0 Å². The second kappa shape index (κ2) is 2.41. The lowest BCUT2D eigenvalue weighted by Gasteiger charge is -2.38. The Morgan fingerprint density at radius 3 is 1.64 bits per heavy atom. The van der Waals surface area contributed by atoms with E-state index in [1.54, 1.807) is 0 Å². The summed E-state index contributed by atoms with van der Waals surface area (Å²) >= 11 is 0. The van der Waals surface area contributed by atoms with Gasteiger partial charge in [-0.1, -0.05) is 12.2 Å². The van der Waals surface area contributed by atoms with E-state index in [-0.39, 0.29) is 23.7 Å². The summed E-state index contributed by atoms with van der Waals surface area (Å²) in [5.74, 6) is -1.93. The van der Waals surface area contributed by atoms with Gasteiger partial charge in [0.1, 0.15) is 0 Å². The van der Waals surface area contributed by atoms with Crippen molar-refractivity contribution in [1.29, 1.82) is 0 Å². The van der Waals surface area contributed by atoms with E-state index < -0.39 is 17.3 Å². The molecule has 0 N–H and O–H groups in total. The Hall–Kier alpha value is -1.25. The van der Waals surface area contributed by atoms with E-state index in [1.165, 1.54) is 0 Å². The van der Waals surface area contributed by atoms with Crippen LogP contribution in [0.15, 0.2) is 12.2 Å². The van der Waals surface area contributed by atoms with Crippen molar-refractivity contribution < 1.29 is 14.4 Å². The summed E-state index contributed by atoms with van der Waals surface area (Å²) in [6.45, 7) is 0. The first-order valence-electron chi connectivity index (χ1n) is 5.01. The summed E-state index contributed by atoms with van der Waals surface area (Å²) < 4.78 is 0. The van der Waals surface area contributed by atoms with Crippen molar-refractivity contribution in [3.05, 3.63) is 12.2 Å². The van der Waals surface area contributed by atoms with Crippen molar-refractivity contribution in [3.63, 3.8) is 0 Å². The molecule has 3 heteroatoms. The first kappa shape index (κ1) is 8.09. The van der Waals surface area contributed by atoms with Gasteiger partial charge in [0.25, 0.3) is 5.78 Å². The van der Waals surface area contributed by atoms with Crippen LogP contribution in [-0.2, 0) is 14.4 Å². The smallest absolute Gasteiger partial charge is 0.264 e. The Bertz CT molecular complexity index is 346. The second-order valence-electron chi connectivity index (χ2n) is 4.40. The molecule has 4 unspecified atom stereocenters. The number of Topliss-reactive ketones (excluding diaryl/α,β-unsaturated/α-hetero) is 3. The molecule has 4 rings (SSSR count). The predicted octanol–water partition coefficient (Wildman–Crippen LogP) is 0.536. The van der Waals surface area contributed by atoms with Gasteiger partial charge in [-0.05, 0) is 24.7 Å². The third-order valence-electron chi connectivity index (χ3n) is 3.80. The maximum absolute atomic E-state index is 11.5. The van der Waals surface area contributed by atoms with E-state index in [1.807, 2.05) is 12.2 Å². The highest BCUT2D eigenvalue weighted by Crippen LogP contribution is 2.48. The molecular formula is C11H10O3. The molecule has 0 aromatic heterocycles. The van der Waals surface area contributed by atoms with E-state index in [9.17, 15) is 14.4 Å². The number of hydrogen-bond donors (Lipinski definition) is 0. The first-order valence-corrected chi connectivity index (χ1v) is 5.01. The lowest BCUT2D eigenvalue weighted by atomic mass is 9.63. The number of rotatable bonds is 0. The summed E-state index contributed by atoms with van der Waals surface area (Å²) in [5, 5.41) is 0. The van der Waals surface area contributed by atoms with Gasteiger partial charge in [0.05, 0.1) is 0 Å². The first-order chi connectivity index (χ1) is 6.70. The predicted molar refractivity (Wildman–Crippen MR) is 47.4 cm³/mol. The summed E-state index contributed by atoms with van der Waals surface area (Å²) in [4.78, 5) is 34.3. The van der Waals surface area contributed by atoms with Gasteiger partial charge in [-0.25, -0.2) is 0 Å². The highest BCUT2D eigenvalue weighted by molar-refractivity contribution is 6.68. The van der Waals surface area contributed by atoms with Crippen LogP contribution in [0, 0.1) is 23.7 Å². The maximum Gasteiger partial charge on any atom is 0.264 e. The largest absolute Gasteiger partial charge is 0.290 e. The third-order valence-corrected chi connectivity index (χ3v) is 3.80. The zero-order chi connectivity index (χ0) is 9.87. The van der Waals surface area contributed by atoms with E-state index >= 15 is 0 Å². The van der Waals surface area contributed by atoms with Gasteiger partial charge in [0.15, 0.2) is 0 Å². The van der Waals surface area contributed by atoms with Crippen LogP contribution in [0.5, 0.6) is 0 Å². The van der Waals surface area contributed by atoms with Gasteiger partial charge in [0.2, 0.25) is 11.6 Å². The zero-order valence-corrected chi connectivity index (χ0v) is 7.60. The molecule has 0 spiro atoms. The van der Waals surface area contributed by atoms with E-state index in [4.69, 9.17) is 0 Å². The molecule has 14 heavy (non-hydrogen) atoms. The van der Waals surface area contributed by atoms with Crippen LogP contribution in [0.25, 0.3) is 0 Å². The van der Waals surface area contributed by atoms with Gasteiger partial charge in [-0.15, -0.1) is 0 Å². The average molecular weight is 190 g/mol. The van der Waals surface area contributed by atoms with Crippen LogP contribution in [0.2, 0.25) is 0 Å². The fourth-order valence-electron chi connectivity index (χ4n) is 3.13. The molecule has 0 aromatic rings. The minimum Gasteiger partial charge on any atom is -0.290 e. The van der Waals surface area contributed by atoms with Crippen molar-refractivity contribution in [2.24, 2.45) is 23.7 Å². The van der Waals surface area contributed by atoms with Crippen LogP contribution in [0.3, 0.4) is 0 Å². The van der Waals surface area contributed by atoms with Crippen molar-refractivity contribution in [2.75, 3.05) is 0 Å². The van der Waals surface area contributed by atoms with Crippen LogP contribution in [0.1, 0.15) is 12.8 Å². The third kappa shape index (κ3) is 0.757. The van der Waals surface area contributed by atoms with Crippen LogP contribution in [-0.4, -0.2) is 17.3 Å². The van der Waals surface area contributed by atoms with Gasteiger partial charge in [-0.3, -0.25) is 14.4 Å². The van der Waals surface area contributed by atoms with Gasteiger partial charge in [0, 0.05) is 11.8 Å². The Kier molecular flexibility index (Phi) is 1.39. The molecule has 2 bridgehead atoms. The lowest BCUT2D eigenvalue weighted by Crippen LogP contribution is -2.38. The molecule has 2 fully saturated rings. The van der Waals surface area contributed by atoms with Crippen molar-refractivity contribution in [1.82, 2.24) is 0 Å². The van der Waals surface area contributed by atoms with Crippen LogP contribution >= 0.6 is 0 Å². The lowest BCUT2D eigenvalue weighted by molar-refractivity contribution is -0.141. The number of ketones is 3.